The van der Waals surface area contributed by atoms with Gasteiger partial charge in [0.1, 0.15) is 0 Å². The largest absolute Gasteiger partial charge is 0.480 e. The number of carboxylic acid groups (broad SMARTS) is 1. The van der Waals surface area contributed by atoms with Crippen LogP contribution in [0, 0.1) is 5.92 Å². The Balaban J connectivity index is 2.01. The number of amides is 1. The van der Waals surface area contributed by atoms with Crippen LogP contribution in [0.4, 0.5) is 0 Å². The van der Waals surface area contributed by atoms with E-state index in [1.165, 1.54) is 6.92 Å². The second-order valence-corrected chi connectivity index (χ2v) is 4.94. The molecular weight excluding hydrogens is 246 g/mol. The van der Waals surface area contributed by atoms with E-state index in [1.807, 2.05) is 24.3 Å². The normalized spacial score (nSPS) is 17.6. The third-order valence-corrected chi connectivity index (χ3v) is 3.47. The van der Waals surface area contributed by atoms with E-state index in [4.69, 9.17) is 5.11 Å². The van der Waals surface area contributed by atoms with Crippen LogP contribution in [0.5, 0.6) is 0 Å². The monoisotopic (exact) mass is 263 g/mol. The quantitative estimate of drug-likeness (QED) is 0.731. The maximum absolute atomic E-state index is 12.0. The summed E-state index contributed by atoms with van der Waals surface area (Å²) in [4.78, 5) is 23.0. The van der Waals surface area contributed by atoms with Gasteiger partial charge in [0, 0.05) is 5.92 Å². The Hall–Kier alpha value is -1.88. The van der Waals surface area contributed by atoms with Gasteiger partial charge in [-0.3, -0.25) is 4.79 Å². The average molecular weight is 263 g/mol. The number of aliphatic hydroxyl groups excluding tert-OH is 1. The van der Waals surface area contributed by atoms with E-state index in [-0.39, 0.29) is 11.8 Å². The summed E-state index contributed by atoms with van der Waals surface area (Å²) in [7, 11) is 0. The summed E-state index contributed by atoms with van der Waals surface area (Å²) in [6, 6.07) is 6.55. The minimum Gasteiger partial charge on any atom is -0.480 e. The second kappa shape index (κ2) is 5.40. The van der Waals surface area contributed by atoms with Crippen molar-refractivity contribution in [1.82, 2.24) is 5.32 Å². The van der Waals surface area contributed by atoms with Gasteiger partial charge in [-0.15, -0.1) is 0 Å². The van der Waals surface area contributed by atoms with E-state index in [0.717, 1.165) is 11.1 Å². The highest BCUT2D eigenvalue weighted by Gasteiger charge is 2.31. The molecule has 0 spiro atoms. The zero-order valence-electron chi connectivity index (χ0n) is 10.7. The Kier molecular flexibility index (Phi) is 3.85. The van der Waals surface area contributed by atoms with Gasteiger partial charge in [-0.2, -0.15) is 0 Å². The third-order valence-electron chi connectivity index (χ3n) is 3.47. The molecule has 0 fully saturated rings. The predicted octanol–water partition coefficient (Wildman–Crippen LogP) is 0.352. The molecule has 1 aromatic rings. The van der Waals surface area contributed by atoms with Crippen LogP contribution in [0.2, 0.25) is 0 Å². The molecule has 0 aliphatic heterocycles. The van der Waals surface area contributed by atoms with Crippen molar-refractivity contribution in [3.63, 3.8) is 0 Å². The first-order chi connectivity index (χ1) is 8.99. The topological polar surface area (TPSA) is 86.6 Å². The van der Waals surface area contributed by atoms with Crippen LogP contribution in [-0.2, 0) is 22.4 Å². The fourth-order valence-electron chi connectivity index (χ4n) is 2.40. The van der Waals surface area contributed by atoms with E-state index in [9.17, 15) is 14.7 Å². The van der Waals surface area contributed by atoms with Gasteiger partial charge in [0.2, 0.25) is 5.91 Å². The minimum absolute atomic E-state index is 0.252. The second-order valence-electron chi connectivity index (χ2n) is 4.94. The summed E-state index contributed by atoms with van der Waals surface area (Å²) in [6.07, 6.45) is 0.118. The molecule has 2 atom stereocenters. The predicted molar refractivity (Wildman–Crippen MR) is 68.6 cm³/mol. The molecule has 102 valence electrons. The number of nitrogens with one attached hydrogen (secondary N) is 1. The fraction of sp³-hybridized carbons (Fsp3) is 0.429. The van der Waals surface area contributed by atoms with Crippen molar-refractivity contribution < 1.29 is 19.8 Å². The first kappa shape index (κ1) is 13.5. The lowest BCUT2D eigenvalue weighted by molar-refractivity contribution is -0.145. The van der Waals surface area contributed by atoms with Crippen molar-refractivity contribution in [3.8, 4) is 0 Å². The molecule has 5 heteroatoms. The number of aliphatic hydroxyl groups is 1. The lowest BCUT2D eigenvalue weighted by Crippen LogP contribution is -2.49. The van der Waals surface area contributed by atoms with Crippen molar-refractivity contribution in [3.05, 3.63) is 35.4 Å². The highest BCUT2D eigenvalue weighted by Crippen LogP contribution is 2.26. The third kappa shape index (κ3) is 2.93. The average Bonchev–Trinajstić information content (AvgIpc) is 2.78. The molecule has 2 rings (SSSR count). The van der Waals surface area contributed by atoms with E-state index in [0.29, 0.717) is 12.8 Å². The van der Waals surface area contributed by atoms with Gasteiger partial charge in [0.25, 0.3) is 0 Å². The Labute approximate surface area is 111 Å². The highest BCUT2D eigenvalue weighted by molar-refractivity contribution is 5.86. The van der Waals surface area contributed by atoms with Crippen LogP contribution in [-0.4, -0.2) is 34.2 Å². The molecule has 0 saturated carbocycles. The van der Waals surface area contributed by atoms with Gasteiger partial charge in [-0.25, -0.2) is 4.79 Å². The zero-order valence-corrected chi connectivity index (χ0v) is 10.7. The number of fused-ring (bicyclic) bond motifs is 1. The summed E-state index contributed by atoms with van der Waals surface area (Å²) in [5, 5.41) is 20.7. The van der Waals surface area contributed by atoms with Crippen LogP contribution in [0.15, 0.2) is 24.3 Å². The van der Waals surface area contributed by atoms with E-state index < -0.39 is 18.1 Å². The van der Waals surface area contributed by atoms with Crippen molar-refractivity contribution >= 4 is 11.9 Å². The lowest BCUT2D eigenvalue weighted by atomic mass is 10.0. The van der Waals surface area contributed by atoms with Gasteiger partial charge in [-0.05, 0) is 30.9 Å². The first-order valence-electron chi connectivity index (χ1n) is 6.27. The standard InChI is InChI=1S/C14H17NO4/c1-8(16)12(14(18)19)15-13(17)11-6-9-4-2-3-5-10(9)7-11/h2-5,8,11-12,16H,6-7H2,1H3,(H,15,17)(H,18,19). The number of hydrogen-bond acceptors (Lipinski definition) is 3. The smallest absolute Gasteiger partial charge is 0.328 e. The Bertz CT molecular complexity index is 473. The van der Waals surface area contributed by atoms with E-state index in [1.54, 1.807) is 0 Å². The molecule has 0 bridgehead atoms. The molecule has 5 nitrogen and oxygen atoms in total. The Morgan fingerprint density at radius 1 is 1.26 bits per heavy atom. The van der Waals surface area contributed by atoms with Gasteiger partial charge in [0.05, 0.1) is 6.10 Å². The number of hydrogen-bond donors (Lipinski definition) is 3. The van der Waals surface area contributed by atoms with Crippen molar-refractivity contribution in [2.75, 3.05) is 0 Å². The summed E-state index contributed by atoms with van der Waals surface area (Å²) in [5.41, 5.74) is 2.26. The number of carboxylic acids is 1. The Morgan fingerprint density at radius 2 is 1.79 bits per heavy atom. The molecule has 1 aliphatic rings. The summed E-state index contributed by atoms with van der Waals surface area (Å²) >= 11 is 0. The van der Waals surface area contributed by atoms with Crippen LogP contribution >= 0.6 is 0 Å². The fourth-order valence-corrected chi connectivity index (χ4v) is 2.40. The molecule has 3 N–H and O–H groups in total. The van der Waals surface area contributed by atoms with Gasteiger partial charge in [-0.1, -0.05) is 24.3 Å². The van der Waals surface area contributed by atoms with E-state index >= 15 is 0 Å². The first-order valence-corrected chi connectivity index (χ1v) is 6.27. The van der Waals surface area contributed by atoms with Gasteiger partial charge < -0.3 is 15.5 Å². The van der Waals surface area contributed by atoms with Crippen molar-refractivity contribution in [1.29, 1.82) is 0 Å². The van der Waals surface area contributed by atoms with E-state index in [2.05, 4.69) is 5.32 Å². The molecule has 2 unspecified atom stereocenters. The molecular formula is C14H17NO4. The number of aliphatic carboxylic acids is 1. The molecule has 1 aliphatic carbocycles. The molecule has 0 heterocycles. The lowest BCUT2D eigenvalue weighted by Gasteiger charge is -2.19. The SMILES string of the molecule is CC(O)C(NC(=O)C1Cc2ccccc2C1)C(=O)O. The minimum atomic E-state index is -1.25. The molecule has 0 aromatic heterocycles. The van der Waals surface area contributed by atoms with Gasteiger partial charge in [0.15, 0.2) is 6.04 Å². The molecule has 1 aromatic carbocycles. The maximum Gasteiger partial charge on any atom is 0.328 e. The highest BCUT2D eigenvalue weighted by atomic mass is 16.4. The summed E-state index contributed by atoms with van der Waals surface area (Å²) < 4.78 is 0. The van der Waals surface area contributed by atoms with Crippen molar-refractivity contribution in [2.24, 2.45) is 5.92 Å². The van der Waals surface area contributed by atoms with Gasteiger partial charge >= 0.3 is 5.97 Å². The maximum atomic E-state index is 12.0. The molecule has 0 radical (unpaired) electrons. The van der Waals surface area contributed by atoms with Crippen LogP contribution in [0.1, 0.15) is 18.1 Å². The summed E-state index contributed by atoms with van der Waals surface area (Å²) in [5.74, 6) is -1.79. The van der Waals surface area contributed by atoms with Crippen LogP contribution in [0.25, 0.3) is 0 Å². The van der Waals surface area contributed by atoms with Crippen LogP contribution in [0.3, 0.4) is 0 Å². The molecule has 19 heavy (non-hydrogen) atoms. The number of benzene rings is 1. The number of carbonyl (C=O) groups is 2. The summed E-state index contributed by atoms with van der Waals surface area (Å²) in [6.45, 7) is 1.35. The Morgan fingerprint density at radius 3 is 2.21 bits per heavy atom. The van der Waals surface area contributed by atoms with Crippen molar-refractivity contribution in [2.45, 2.75) is 31.9 Å². The number of carbonyl (C=O) groups excluding carboxylic acids is 1. The molecule has 1 amide bonds. The number of rotatable bonds is 4. The molecule has 0 saturated heterocycles. The van der Waals surface area contributed by atoms with Crippen LogP contribution < -0.4 is 5.32 Å². The zero-order chi connectivity index (χ0) is 14.0.